The molecule has 1 amide bonds. The van der Waals surface area contributed by atoms with Gasteiger partial charge in [-0.05, 0) is 38.2 Å². The highest BCUT2D eigenvalue weighted by molar-refractivity contribution is 5.92. The van der Waals surface area contributed by atoms with Crippen LogP contribution in [0.5, 0.6) is 0 Å². The van der Waals surface area contributed by atoms with Gasteiger partial charge < -0.3 is 10.6 Å². The Hall–Kier alpha value is -1.39. The van der Waals surface area contributed by atoms with E-state index in [0.29, 0.717) is 6.54 Å². The van der Waals surface area contributed by atoms with E-state index in [1.54, 1.807) is 0 Å². The second-order valence-electron chi connectivity index (χ2n) is 4.84. The Bertz CT molecular complexity index is 375. The number of anilines is 1. The number of benzene rings is 1. The third-order valence-corrected chi connectivity index (χ3v) is 2.93. The molecule has 4 nitrogen and oxygen atoms in total. The van der Waals surface area contributed by atoms with Crippen molar-refractivity contribution in [3.63, 3.8) is 0 Å². The average Bonchev–Trinajstić information content (AvgIpc) is 2.39. The summed E-state index contributed by atoms with van der Waals surface area (Å²) in [7, 11) is 3.85. The SMILES string of the molecule is CCCc1ccc(NC(=O)CN(C)CCNC)cc1. The first-order valence-electron chi connectivity index (χ1n) is 6.87. The first-order valence-corrected chi connectivity index (χ1v) is 6.87. The van der Waals surface area contributed by atoms with Crippen LogP contribution in [-0.2, 0) is 11.2 Å². The van der Waals surface area contributed by atoms with Gasteiger partial charge in [-0.3, -0.25) is 9.69 Å². The lowest BCUT2D eigenvalue weighted by Gasteiger charge is -2.15. The fourth-order valence-electron chi connectivity index (χ4n) is 1.87. The first-order chi connectivity index (χ1) is 9.15. The number of carbonyl (C=O) groups is 1. The summed E-state index contributed by atoms with van der Waals surface area (Å²) in [4.78, 5) is 13.8. The number of carbonyl (C=O) groups excluding carboxylic acids is 1. The Morgan fingerprint density at radius 3 is 2.53 bits per heavy atom. The van der Waals surface area contributed by atoms with Gasteiger partial charge in [0.1, 0.15) is 0 Å². The molecule has 0 aliphatic carbocycles. The molecule has 1 aromatic carbocycles. The van der Waals surface area contributed by atoms with Crippen LogP contribution in [-0.4, -0.2) is 44.5 Å². The lowest BCUT2D eigenvalue weighted by molar-refractivity contribution is -0.117. The number of likely N-dealkylation sites (N-methyl/N-ethyl adjacent to an activating group) is 2. The Kier molecular flexibility index (Phi) is 7.15. The van der Waals surface area contributed by atoms with Crippen molar-refractivity contribution in [2.75, 3.05) is 39.0 Å². The van der Waals surface area contributed by atoms with Crippen LogP contribution in [0, 0.1) is 0 Å². The normalized spacial score (nSPS) is 10.7. The zero-order valence-electron chi connectivity index (χ0n) is 12.2. The van der Waals surface area contributed by atoms with E-state index in [4.69, 9.17) is 0 Å². The molecule has 106 valence electrons. The fourth-order valence-corrected chi connectivity index (χ4v) is 1.87. The molecule has 0 heterocycles. The number of hydrogen-bond donors (Lipinski definition) is 2. The summed E-state index contributed by atoms with van der Waals surface area (Å²) in [6.45, 7) is 4.32. The predicted molar refractivity (Wildman–Crippen MR) is 80.5 cm³/mol. The van der Waals surface area contributed by atoms with Crippen LogP contribution in [0.3, 0.4) is 0 Å². The van der Waals surface area contributed by atoms with Crippen LogP contribution in [0.25, 0.3) is 0 Å². The molecular formula is C15H25N3O. The summed E-state index contributed by atoms with van der Waals surface area (Å²) >= 11 is 0. The number of nitrogens with zero attached hydrogens (tertiary/aromatic N) is 1. The quantitative estimate of drug-likeness (QED) is 0.751. The molecule has 0 bridgehead atoms. The minimum Gasteiger partial charge on any atom is -0.325 e. The van der Waals surface area contributed by atoms with Crippen molar-refractivity contribution >= 4 is 11.6 Å². The third-order valence-electron chi connectivity index (χ3n) is 2.93. The smallest absolute Gasteiger partial charge is 0.238 e. The van der Waals surface area contributed by atoms with E-state index in [2.05, 4.69) is 29.7 Å². The van der Waals surface area contributed by atoms with Crippen molar-refractivity contribution in [3.8, 4) is 0 Å². The van der Waals surface area contributed by atoms with Crippen LogP contribution in [0.15, 0.2) is 24.3 Å². The Morgan fingerprint density at radius 1 is 1.26 bits per heavy atom. The summed E-state index contributed by atoms with van der Waals surface area (Å²) in [5.41, 5.74) is 2.18. The van der Waals surface area contributed by atoms with Crippen LogP contribution < -0.4 is 10.6 Å². The molecule has 0 unspecified atom stereocenters. The average molecular weight is 263 g/mol. The fraction of sp³-hybridized carbons (Fsp3) is 0.533. The summed E-state index contributed by atoms with van der Waals surface area (Å²) in [5, 5.41) is 5.98. The Labute approximate surface area is 116 Å². The van der Waals surface area contributed by atoms with Crippen molar-refractivity contribution in [3.05, 3.63) is 29.8 Å². The molecule has 0 radical (unpaired) electrons. The lowest BCUT2D eigenvalue weighted by Crippen LogP contribution is -2.34. The van der Waals surface area contributed by atoms with E-state index in [1.165, 1.54) is 5.56 Å². The molecule has 0 aromatic heterocycles. The highest BCUT2D eigenvalue weighted by Crippen LogP contribution is 2.10. The van der Waals surface area contributed by atoms with Gasteiger partial charge in [0.25, 0.3) is 0 Å². The van der Waals surface area contributed by atoms with Gasteiger partial charge >= 0.3 is 0 Å². The monoisotopic (exact) mass is 263 g/mol. The van der Waals surface area contributed by atoms with Crippen LogP contribution in [0.4, 0.5) is 5.69 Å². The Morgan fingerprint density at radius 2 is 1.95 bits per heavy atom. The maximum absolute atomic E-state index is 11.8. The maximum atomic E-state index is 11.8. The molecule has 1 aromatic rings. The highest BCUT2D eigenvalue weighted by atomic mass is 16.2. The number of amides is 1. The van der Waals surface area contributed by atoms with E-state index in [0.717, 1.165) is 31.6 Å². The number of hydrogen-bond acceptors (Lipinski definition) is 3. The first kappa shape index (κ1) is 15.7. The molecule has 0 saturated heterocycles. The van der Waals surface area contributed by atoms with E-state index in [1.807, 2.05) is 31.1 Å². The van der Waals surface area contributed by atoms with Crippen LogP contribution >= 0.6 is 0 Å². The molecule has 2 N–H and O–H groups in total. The minimum absolute atomic E-state index is 0.0295. The van der Waals surface area contributed by atoms with Gasteiger partial charge in [0.2, 0.25) is 5.91 Å². The van der Waals surface area contributed by atoms with E-state index >= 15 is 0 Å². The number of rotatable bonds is 8. The van der Waals surface area contributed by atoms with Crippen molar-refractivity contribution in [1.29, 1.82) is 0 Å². The van der Waals surface area contributed by atoms with E-state index in [-0.39, 0.29) is 5.91 Å². The van der Waals surface area contributed by atoms with Crippen molar-refractivity contribution in [2.45, 2.75) is 19.8 Å². The number of aryl methyl sites for hydroxylation is 1. The van der Waals surface area contributed by atoms with E-state index < -0.39 is 0 Å². The van der Waals surface area contributed by atoms with Crippen LogP contribution in [0.1, 0.15) is 18.9 Å². The van der Waals surface area contributed by atoms with Crippen molar-refractivity contribution in [1.82, 2.24) is 10.2 Å². The zero-order chi connectivity index (χ0) is 14.1. The second kappa shape index (κ2) is 8.67. The Balaban J connectivity index is 2.39. The van der Waals surface area contributed by atoms with Gasteiger partial charge in [0, 0.05) is 18.8 Å². The third kappa shape index (κ3) is 6.36. The van der Waals surface area contributed by atoms with Gasteiger partial charge in [-0.25, -0.2) is 0 Å². The minimum atomic E-state index is 0.0295. The predicted octanol–water partition coefficient (Wildman–Crippen LogP) is 1.73. The molecule has 0 aliphatic heterocycles. The van der Waals surface area contributed by atoms with Gasteiger partial charge in [0.05, 0.1) is 6.54 Å². The molecule has 0 saturated carbocycles. The van der Waals surface area contributed by atoms with Crippen LogP contribution in [0.2, 0.25) is 0 Å². The number of nitrogens with one attached hydrogen (secondary N) is 2. The second-order valence-corrected chi connectivity index (χ2v) is 4.84. The largest absolute Gasteiger partial charge is 0.325 e. The lowest BCUT2D eigenvalue weighted by atomic mass is 10.1. The maximum Gasteiger partial charge on any atom is 0.238 e. The molecule has 0 atom stereocenters. The van der Waals surface area contributed by atoms with Crippen molar-refractivity contribution in [2.24, 2.45) is 0 Å². The van der Waals surface area contributed by atoms with E-state index in [9.17, 15) is 4.79 Å². The zero-order valence-corrected chi connectivity index (χ0v) is 12.2. The molecule has 0 fully saturated rings. The van der Waals surface area contributed by atoms with Gasteiger partial charge in [0.15, 0.2) is 0 Å². The van der Waals surface area contributed by atoms with Gasteiger partial charge in [-0.1, -0.05) is 25.5 Å². The molecule has 0 aliphatic rings. The topological polar surface area (TPSA) is 44.4 Å². The molecule has 4 heteroatoms. The van der Waals surface area contributed by atoms with Crippen molar-refractivity contribution < 1.29 is 4.79 Å². The molecule has 19 heavy (non-hydrogen) atoms. The summed E-state index contributed by atoms with van der Waals surface area (Å²) < 4.78 is 0. The highest BCUT2D eigenvalue weighted by Gasteiger charge is 2.06. The molecular weight excluding hydrogens is 238 g/mol. The molecule has 1 rings (SSSR count). The summed E-state index contributed by atoms with van der Waals surface area (Å²) in [6.07, 6.45) is 2.23. The standard InChI is InChI=1S/C15H25N3O/c1-4-5-13-6-8-14(9-7-13)17-15(19)12-18(3)11-10-16-2/h6-9,16H,4-5,10-12H2,1-3H3,(H,17,19). The summed E-state index contributed by atoms with van der Waals surface area (Å²) in [6, 6.07) is 8.08. The van der Waals surface area contributed by atoms with Gasteiger partial charge in [-0.15, -0.1) is 0 Å². The summed E-state index contributed by atoms with van der Waals surface area (Å²) in [5.74, 6) is 0.0295. The molecule has 0 spiro atoms. The van der Waals surface area contributed by atoms with Gasteiger partial charge in [-0.2, -0.15) is 0 Å².